The van der Waals surface area contributed by atoms with Crippen molar-refractivity contribution in [2.45, 2.75) is 31.9 Å². The van der Waals surface area contributed by atoms with E-state index in [1.807, 2.05) is 25.1 Å². The summed E-state index contributed by atoms with van der Waals surface area (Å²) in [7, 11) is 0. The van der Waals surface area contributed by atoms with Gasteiger partial charge in [-0.15, -0.1) is 0 Å². The van der Waals surface area contributed by atoms with E-state index >= 15 is 0 Å². The Labute approximate surface area is 138 Å². The molecule has 0 spiro atoms. The molecule has 126 valence electrons. The summed E-state index contributed by atoms with van der Waals surface area (Å²) in [5, 5.41) is 2.82. The summed E-state index contributed by atoms with van der Waals surface area (Å²) in [6.45, 7) is 2.02. The van der Waals surface area contributed by atoms with Crippen molar-refractivity contribution in [1.82, 2.24) is 0 Å². The van der Waals surface area contributed by atoms with E-state index in [4.69, 9.17) is 0 Å². The first-order chi connectivity index (χ1) is 11.4. The monoisotopic (exact) mass is 333 g/mol. The number of alkyl halides is 3. The Balaban J connectivity index is 1.72. The first-order valence-electron chi connectivity index (χ1n) is 7.96. The Bertz CT molecular complexity index is 754. The van der Waals surface area contributed by atoms with E-state index in [1.165, 1.54) is 12.1 Å². The number of halogens is 3. The summed E-state index contributed by atoms with van der Waals surface area (Å²) in [5.74, 6) is -0.985. The lowest BCUT2D eigenvalue weighted by Gasteiger charge is -2.12. The Morgan fingerprint density at radius 1 is 1.17 bits per heavy atom. The van der Waals surface area contributed by atoms with Gasteiger partial charge in [0.15, 0.2) is 0 Å². The van der Waals surface area contributed by atoms with E-state index in [0.29, 0.717) is 12.1 Å². The molecule has 3 rings (SSSR count). The van der Waals surface area contributed by atoms with Crippen LogP contribution in [0.1, 0.15) is 36.0 Å². The van der Waals surface area contributed by atoms with Crippen molar-refractivity contribution in [3.8, 4) is 0 Å². The highest BCUT2D eigenvalue weighted by atomic mass is 19.4. The third kappa shape index (κ3) is 3.45. The molecular weight excluding hydrogens is 315 g/mol. The molecule has 2 aromatic carbocycles. The van der Waals surface area contributed by atoms with E-state index in [1.54, 1.807) is 12.1 Å². The molecule has 1 saturated carbocycles. The number of nitrogens with one attached hydrogen (secondary N) is 1. The summed E-state index contributed by atoms with van der Waals surface area (Å²) >= 11 is 0. The molecule has 2 nitrogen and oxygen atoms in total. The number of rotatable bonds is 4. The quantitative estimate of drug-likeness (QED) is 0.837. The van der Waals surface area contributed by atoms with Gasteiger partial charge in [-0.1, -0.05) is 37.3 Å². The lowest BCUT2D eigenvalue weighted by Crippen LogP contribution is -2.15. The second kappa shape index (κ2) is 6.30. The predicted octanol–water partition coefficient (Wildman–Crippen LogP) is 5.01. The molecule has 1 N–H and O–H groups in total. The van der Waals surface area contributed by atoms with Gasteiger partial charge in [0.2, 0.25) is 5.91 Å². The van der Waals surface area contributed by atoms with Crippen LogP contribution in [-0.2, 0) is 17.4 Å². The van der Waals surface area contributed by atoms with E-state index in [9.17, 15) is 18.0 Å². The zero-order valence-corrected chi connectivity index (χ0v) is 13.2. The summed E-state index contributed by atoms with van der Waals surface area (Å²) in [5.41, 5.74) is 1.36. The average molecular weight is 333 g/mol. The van der Waals surface area contributed by atoms with Crippen molar-refractivity contribution in [1.29, 1.82) is 0 Å². The first-order valence-corrected chi connectivity index (χ1v) is 7.96. The summed E-state index contributed by atoms with van der Waals surface area (Å²) in [6.07, 6.45) is -3.09. The standard InChI is InChI=1S/C19H18F3NO/c1-2-12-6-5-7-13(10-12)23-18(24)16-11-15(16)14-8-3-4-9-17(14)19(20,21)22/h3-10,15-16H,2,11H2,1H3,(H,23,24). The number of carbonyl (C=O) groups is 1. The van der Waals surface area contributed by atoms with Crippen LogP contribution in [0.25, 0.3) is 0 Å². The van der Waals surface area contributed by atoms with E-state index in [2.05, 4.69) is 5.32 Å². The Morgan fingerprint density at radius 3 is 2.62 bits per heavy atom. The molecule has 24 heavy (non-hydrogen) atoms. The molecule has 0 saturated heterocycles. The molecule has 1 fully saturated rings. The number of amides is 1. The fourth-order valence-corrected chi connectivity index (χ4v) is 3.01. The van der Waals surface area contributed by atoms with Gasteiger partial charge in [-0.2, -0.15) is 13.2 Å². The molecule has 0 bridgehead atoms. The molecule has 0 aromatic heterocycles. The maximum Gasteiger partial charge on any atom is 0.416 e. The third-order valence-corrected chi connectivity index (χ3v) is 4.40. The maximum absolute atomic E-state index is 13.1. The van der Waals surface area contributed by atoms with Crippen LogP contribution in [-0.4, -0.2) is 5.91 Å². The highest BCUT2D eigenvalue weighted by Crippen LogP contribution is 2.51. The number of carbonyl (C=O) groups excluding carboxylic acids is 1. The fraction of sp³-hybridized carbons (Fsp3) is 0.316. The number of hydrogen-bond acceptors (Lipinski definition) is 1. The van der Waals surface area contributed by atoms with Gasteiger partial charge in [0.05, 0.1) is 5.56 Å². The van der Waals surface area contributed by atoms with Crippen LogP contribution in [0.3, 0.4) is 0 Å². The third-order valence-electron chi connectivity index (χ3n) is 4.40. The second-order valence-corrected chi connectivity index (χ2v) is 6.08. The van der Waals surface area contributed by atoms with Crippen molar-refractivity contribution in [3.63, 3.8) is 0 Å². The van der Waals surface area contributed by atoms with Crippen LogP contribution < -0.4 is 5.32 Å². The number of benzene rings is 2. The van der Waals surface area contributed by atoms with Crippen LogP contribution in [0.5, 0.6) is 0 Å². The molecule has 1 aliphatic rings. The molecule has 1 amide bonds. The SMILES string of the molecule is CCc1cccc(NC(=O)C2CC2c2ccccc2C(F)(F)F)c1. The van der Waals surface area contributed by atoms with Gasteiger partial charge < -0.3 is 5.32 Å². The molecule has 1 aliphatic carbocycles. The Kier molecular flexibility index (Phi) is 4.35. The lowest BCUT2D eigenvalue weighted by molar-refractivity contribution is -0.138. The van der Waals surface area contributed by atoms with Crippen molar-refractivity contribution in [2.24, 2.45) is 5.92 Å². The van der Waals surface area contributed by atoms with Crippen LogP contribution in [0, 0.1) is 5.92 Å². The zero-order chi connectivity index (χ0) is 17.3. The molecule has 0 heterocycles. The second-order valence-electron chi connectivity index (χ2n) is 6.08. The summed E-state index contributed by atoms with van der Waals surface area (Å²) in [6, 6.07) is 13.0. The van der Waals surface area contributed by atoms with E-state index < -0.39 is 17.7 Å². The van der Waals surface area contributed by atoms with Gasteiger partial charge in [-0.25, -0.2) is 0 Å². The Hall–Kier alpha value is -2.30. The number of aryl methyl sites for hydroxylation is 1. The van der Waals surface area contributed by atoms with Crippen molar-refractivity contribution >= 4 is 11.6 Å². The normalized spacial score (nSPS) is 19.8. The Morgan fingerprint density at radius 2 is 1.92 bits per heavy atom. The molecule has 0 aliphatic heterocycles. The molecule has 0 radical (unpaired) electrons. The molecule has 2 atom stereocenters. The fourth-order valence-electron chi connectivity index (χ4n) is 3.01. The van der Waals surface area contributed by atoms with Crippen LogP contribution in [0.4, 0.5) is 18.9 Å². The smallest absolute Gasteiger partial charge is 0.326 e. The number of hydrogen-bond donors (Lipinski definition) is 1. The molecule has 5 heteroatoms. The van der Waals surface area contributed by atoms with Gasteiger partial charge >= 0.3 is 6.18 Å². The lowest BCUT2D eigenvalue weighted by atomic mass is 10.0. The van der Waals surface area contributed by atoms with Gasteiger partial charge in [0, 0.05) is 11.6 Å². The van der Waals surface area contributed by atoms with Crippen molar-refractivity contribution in [3.05, 3.63) is 65.2 Å². The minimum Gasteiger partial charge on any atom is -0.326 e. The minimum absolute atomic E-state index is 0.215. The van der Waals surface area contributed by atoms with E-state index in [0.717, 1.165) is 18.1 Å². The topological polar surface area (TPSA) is 29.1 Å². The first kappa shape index (κ1) is 16.6. The minimum atomic E-state index is -4.39. The largest absolute Gasteiger partial charge is 0.416 e. The van der Waals surface area contributed by atoms with Crippen LogP contribution in [0.2, 0.25) is 0 Å². The predicted molar refractivity (Wildman–Crippen MR) is 86.7 cm³/mol. The van der Waals surface area contributed by atoms with Gasteiger partial charge in [-0.05, 0) is 48.1 Å². The zero-order valence-electron chi connectivity index (χ0n) is 13.2. The van der Waals surface area contributed by atoms with Gasteiger partial charge in [0.25, 0.3) is 0 Å². The summed E-state index contributed by atoms with van der Waals surface area (Å²) in [4.78, 5) is 12.3. The van der Waals surface area contributed by atoms with Gasteiger partial charge in [0.1, 0.15) is 0 Å². The average Bonchev–Trinajstić information content (AvgIpc) is 3.35. The van der Waals surface area contributed by atoms with Crippen LogP contribution in [0.15, 0.2) is 48.5 Å². The van der Waals surface area contributed by atoms with Gasteiger partial charge in [-0.3, -0.25) is 4.79 Å². The van der Waals surface area contributed by atoms with Crippen LogP contribution >= 0.6 is 0 Å². The maximum atomic E-state index is 13.1. The van der Waals surface area contributed by atoms with E-state index in [-0.39, 0.29) is 17.4 Å². The number of anilines is 1. The molecular formula is C19H18F3NO. The highest BCUT2D eigenvalue weighted by molar-refractivity contribution is 5.95. The van der Waals surface area contributed by atoms with Crippen molar-refractivity contribution in [2.75, 3.05) is 5.32 Å². The molecule has 2 unspecified atom stereocenters. The molecule has 2 aromatic rings. The highest BCUT2D eigenvalue weighted by Gasteiger charge is 2.47. The summed E-state index contributed by atoms with van der Waals surface area (Å²) < 4.78 is 39.3. The van der Waals surface area contributed by atoms with Crippen molar-refractivity contribution < 1.29 is 18.0 Å².